The fraction of sp³-hybridized carbons (Fsp3) is 0.308. The molecule has 182 valence electrons. The fourth-order valence-corrected chi connectivity index (χ4v) is 4.27. The Morgan fingerprint density at radius 1 is 1.03 bits per heavy atom. The summed E-state index contributed by atoms with van der Waals surface area (Å²) in [6.45, 7) is 3.81. The Kier molecular flexibility index (Phi) is 7.26. The van der Waals surface area contributed by atoms with Gasteiger partial charge in [-0.3, -0.25) is 14.4 Å². The van der Waals surface area contributed by atoms with Gasteiger partial charge in [0.15, 0.2) is 0 Å². The van der Waals surface area contributed by atoms with Crippen LogP contribution in [0.25, 0.3) is 10.8 Å². The number of carbonyl (C=O) groups is 3. The van der Waals surface area contributed by atoms with Gasteiger partial charge in [-0.05, 0) is 35.4 Å². The summed E-state index contributed by atoms with van der Waals surface area (Å²) in [6.07, 6.45) is 0.675. The number of fused-ring (bicyclic) bond motifs is 1. The third-order valence-corrected chi connectivity index (χ3v) is 6.26. The lowest BCUT2D eigenvalue weighted by atomic mass is 10.0. The van der Waals surface area contributed by atoms with Gasteiger partial charge in [0, 0.05) is 32.4 Å². The minimum Gasteiger partial charge on any atom is -0.391 e. The Bertz CT molecular complexity index is 1210. The SMILES string of the molecule is CC(O)C(NC(=O)c1ccc(N2CCN(C(=O)Cc3cccc4ccccc34)CC2)nc1)C(N)=O. The number of aliphatic hydroxyl groups excluding tert-OH is 1. The molecule has 1 aliphatic heterocycles. The van der Waals surface area contributed by atoms with Crippen LogP contribution in [0.4, 0.5) is 5.82 Å². The summed E-state index contributed by atoms with van der Waals surface area (Å²) in [5, 5.41) is 14.3. The van der Waals surface area contributed by atoms with Crippen molar-refractivity contribution in [2.24, 2.45) is 5.73 Å². The van der Waals surface area contributed by atoms with Crippen LogP contribution in [0.2, 0.25) is 0 Å². The first-order valence-corrected chi connectivity index (χ1v) is 11.6. The second-order valence-corrected chi connectivity index (χ2v) is 8.68. The van der Waals surface area contributed by atoms with Crippen LogP contribution in [-0.4, -0.2) is 71.0 Å². The van der Waals surface area contributed by atoms with Crippen LogP contribution in [-0.2, 0) is 16.0 Å². The van der Waals surface area contributed by atoms with Crippen LogP contribution in [0, 0.1) is 0 Å². The molecular weight excluding hydrogens is 446 g/mol. The summed E-state index contributed by atoms with van der Waals surface area (Å²) in [4.78, 5) is 45.0. The van der Waals surface area contributed by atoms with Crippen molar-refractivity contribution in [2.75, 3.05) is 31.1 Å². The zero-order valence-corrected chi connectivity index (χ0v) is 19.6. The van der Waals surface area contributed by atoms with Crippen LogP contribution in [0.15, 0.2) is 60.8 Å². The van der Waals surface area contributed by atoms with Crippen molar-refractivity contribution in [1.29, 1.82) is 0 Å². The zero-order chi connectivity index (χ0) is 24.9. The Morgan fingerprint density at radius 3 is 2.40 bits per heavy atom. The smallest absolute Gasteiger partial charge is 0.253 e. The number of anilines is 1. The number of piperazine rings is 1. The van der Waals surface area contributed by atoms with Crippen molar-refractivity contribution in [3.05, 3.63) is 71.9 Å². The maximum Gasteiger partial charge on any atom is 0.253 e. The lowest BCUT2D eigenvalue weighted by Crippen LogP contribution is -2.50. The van der Waals surface area contributed by atoms with Gasteiger partial charge in [0.2, 0.25) is 11.8 Å². The number of amides is 3. The Hall–Kier alpha value is -3.98. The van der Waals surface area contributed by atoms with Gasteiger partial charge in [-0.25, -0.2) is 4.98 Å². The van der Waals surface area contributed by atoms with Crippen LogP contribution < -0.4 is 16.0 Å². The normalized spacial score (nSPS) is 15.5. The molecule has 2 atom stereocenters. The highest BCUT2D eigenvalue weighted by molar-refractivity contribution is 5.97. The van der Waals surface area contributed by atoms with Gasteiger partial charge in [0.25, 0.3) is 5.91 Å². The van der Waals surface area contributed by atoms with Crippen molar-refractivity contribution in [3.63, 3.8) is 0 Å². The van der Waals surface area contributed by atoms with Crippen LogP contribution in [0.1, 0.15) is 22.8 Å². The molecule has 1 fully saturated rings. The molecule has 2 aromatic carbocycles. The van der Waals surface area contributed by atoms with E-state index in [-0.39, 0.29) is 11.5 Å². The number of pyridine rings is 1. The molecule has 0 spiro atoms. The third-order valence-electron chi connectivity index (χ3n) is 6.26. The first-order chi connectivity index (χ1) is 16.8. The van der Waals surface area contributed by atoms with E-state index in [4.69, 9.17) is 5.73 Å². The minimum atomic E-state index is -1.18. The number of aromatic nitrogens is 1. The maximum atomic E-state index is 13.0. The number of rotatable bonds is 7. The first kappa shape index (κ1) is 24.2. The summed E-state index contributed by atoms with van der Waals surface area (Å²) in [6, 6.07) is 16.3. The van der Waals surface area contributed by atoms with Crippen LogP contribution in [0.5, 0.6) is 0 Å². The molecule has 9 nitrogen and oxygen atoms in total. The molecule has 3 aromatic rings. The number of carbonyl (C=O) groups excluding carboxylic acids is 3. The largest absolute Gasteiger partial charge is 0.391 e. The maximum absolute atomic E-state index is 13.0. The summed E-state index contributed by atoms with van der Waals surface area (Å²) < 4.78 is 0. The molecule has 1 aromatic heterocycles. The average Bonchev–Trinajstić information content (AvgIpc) is 2.87. The monoisotopic (exact) mass is 475 g/mol. The van der Waals surface area contributed by atoms with Gasteiger partial charge in [-0.15, -0.1) is 0 Å². The van der Waals surface area contributed by atoms with E-state index in [1.807, 2.05) is 47.4 Å². The molecule has 0 aliphatic carbocycles. The number of aliphatic hydroxyl groups is 1. The van der Waals surface area contributed by atoms with Crippen molar-refractivity contribution in [1.82, 2.24) is 15.2 Å². The van der Waals surface area contributed by atoms with E-state index in [0.29, 0.717) is 38.4 Å². The molecule has 0 saturated carbocycles. The molecule has 3 amide bonds. The summed E-state index contributed by atoms with van der Waals surface area (Å²) in [5.41, 5.74) is 6.50. The molecule has 1 aliphatic rings. The first-order valence-electron chi connectivity index (χ1n) is 11.6. The van der Waals surface area contributed by atoms with Crippen molar-refractivity contribution in [2.45, 2.75) is 25.5 Å². The number of hydrogen-bond acceptors (Lipinski definition) is 6. The number of nitrogens with zero attached hydrogens (tertiary/aromatic N) is 3. The molecule has 0 bridgehead atoms. The second kappa shape index (κ2) is 10.5. The van der Waals surface area contributed by atoms with Gasteiger partial charge in [-0.1, -0.05) is 42.5 Å². The highest BCUT2D eigenvalue weighted by atomic mass is 16.3. The number of nitrogens with one attached hydrogen (secondary N) is 1. The molecule has 35 heavy (non-hydrogen) atoms. The number of hydrogen-bond donors (Lipinski definition) is 3. The third kappa shape index (κ3) is 5.58. The molecule has 0 radical (unpaired) electrons. The highest BCUT2D eigenvalue weighted by Gasteiger charge is 2.25. The summed E-state index contributed by atoms with van der Waals surface area (Å²) in [7, 11) is 0. The Labute approximate surface area is 203 Å². The van der Waals surface area contributed by atoms with Gasteiger partial charge in [-0.2, -0.15) is 0 Å². The van der Waals surface area contributed by atoms with E-state index in [1.165, 1.54) is 13.1 Å². The Morgan fingerprint density at radius 2 is 1.74 bits per heavy atom. The lowest BCUT2D eigenvalue weighted by molar-refractivity contribution is -0.130. The predicted molar refractivity (Wildman–Crippen MR) is 133 cm³/mol. The van der Waals surface area contributed by atoms with Gasteiger partial charge >= 0.3 is 0 Å². The highest BCUT2D eigenvalue weighted by Crippen LogP contribution is 2.20. The fourth-order valence-electron chi connectivity index (χ4n) is 4.27. The second-order valence-electron chi connectivity index (χ2n) is 8.68. The van der Waals surface area contributed by atoms with Crippen LogP contribution in [0.3, 0.4) is 0 Å². The van der Waals surface area contributed by atoms with E-state index < -0.39 is 24.0 Å². The summed E-state index contributed by atoms with van der Waals surface area (Å²) in [5.74, 6) is -0.559. The van der Waals surface area contributed by atoms with Crippen molar-refractivity contribution in [3.8, 4) is 0 Å². The van der Waals surface area contributed by atoms with Gasteiger partial charge in [0.1, 0.15) is 11.9 Å². The molecule has 2 heterocycles. The molecule has 2 unspecified atom stereocenters. The predicted octanol–water partition coefficient (Wildman–Crippen LogP) is 1.09. The van der Waals surface area contributed by atoms with Crippen molar-refractivity contribution >= 4 is 34.3 Å². The van der Waals surface area contributed by atoms with Crippen LogP contribution >= 0.6 is 0 Å². The zero-order valence-electron chi connectivity index (χ0n) is 19.6. The standard InChI is InChI=1S/C26H29N5O4/c1-17(32)24(25(27)34)29-26(35)20-9-10-22(28-16-20)30-11-13-31(14-12-30)23(33)15-19-7-4-6-18-5-2-3-8-21(18)19/h2-10,16-17,24,32H,11-15H2,1H3,(H2,27,34)(H,29,35). The van der Waals surface area contributed by atoms with Crippen molar-refractivity contribution < 1.29 is 19.5 Å². The van der Waals surface area contributed by atoms with E-state index in [9.17, 15) is 19.5 Å². The molecule has 1 saturated heterocycles. The molecular formula is C26H29N5O4. The van der Waals surface area contributed by atoms with E-state index >= 15 is 0 Å². The molecule has 4 N–H and O–H groups in total. The minimum absolute atomic E-state index is 0.100. The summed E-state index contributed by atoms with van der Waals surface area (Å²) >= 11 is 0. The number of nitrogens with two attached hydrogens (primary N) is 1. The van der Waals surface area contributed by atoms with E-state index in [1.54, 1.807) is 12.1 Å². The Balaban J connectivity index is 1.33. The number of primary amides is 1. The molecule has 9 heteroatoms. The average molecular weight is 476 g/mol. The lowest BCUT2D eigenvalue weighted by Gasteiger charge is -2.35. The number of benzene rings is 2. The van der Waals surface area contributed by atoms with E-state index in [0.717, 1.165) is 16.3 Å². The van der Waals surface area contributed by atoms with Gasteiger partial charge in [0.05, 0.1) is 18.1 Å². The van der Waals surface area contributed by atoms with E-state index in [2.05, 4.69) is 15.2 Å². The molecule has 4 rings (SSSR count). The van der Waals surface area contributed by atoms with Gasteiger partial charge < -0.3 is 26.0 Å². The quantitative estimate of drug-likeness (QED) is 0.469. The topological polar surface area (TPSA) is 129 Å².